The van der Waals surface area contributed by atoms with Crippen LogP contribution in [0.3, 0.4) is 0 Å². The van der Waals surface area contributed by atoms with Gasteiger partial charge >= 0.3 is 0 Å². The number of nitrogens with two attached hydrogens (primary N) is 1. The lowest BCUT2D eigenvalue weighted by molar-refractivity contribution is -0.123. The van der Waals surface area contributed by atoms with Gasteiger partial charge in [-0.25, -0.2) is 4.98 Å². The van der Waals surface area contributed by atoms with E-state index in [4.69, 9.17) is 5.73 Å². The maximum atomic E-state index is 12.1. The molecule has 0 aliphatic heterocycles. The summed E-state index contributed by atoms with van der Waals surface area (Å²) in [6.07, 6.45) is 8.29. The zero-order valence-corrected chi connectivity index (χ0v) is 16.3. The predicted octanol–water partition coefficient (Wildman–Crippen LogP) is 3.51. The van der Waals surface area contributed by atoms with E-state index in [1.165, 1.54) is 24.3 Å². The van der Waals surface area contributed by atoms with Crippen molar-refractivity contribution >= 4 is 42.1 Å². The summed E-state index contributed by atoms with van der Waals surface area (Å²) < 4.78 is 0. The molecule has 23 heavy (non-hydrogen) atoms. The third-order valence-corrected chi connectivity index (χ3v) is 5.53. The Hall–Kier alpha value is -0.360. The third-order valence-electron chi connectivity index (χ3n) is 4.49. The molecular formula is C16H29Cl2N3OS. The van der Waals surface area contributed by atoms with E-state index in [-0.39, 0.29) is 36.1 Å². The zero-order valence-electron chi connectivity index (χ0n) is 13.8. The predicted molar refractivity (Wildman–Crippen MR) is 102 cm³/mol. The number of halogens is 2. The number of hydrogen-bond donors (Lipinski definition) is 2. The molecule has 1 fully saturated rings. The quantitative estimate of drug-likeness (QED) is 0.758. The van der Waals surface area contributed by atoms with Gasteiger partial charge in [0.2, 0.25) is 5.91 Å². The Balaban J connectivity index is 0.00000242. The van der Waals surface area contributed by atoms with Crippen LogP contribution in [0.15, 0.2) is 5.38 Å². The standard InChI is InChI=1S/C16H27N3OS.2ClH/c1-2-15-19-13(11-21-15)6-9-18-14(20)10-16(12-17)7-4-3-5-8-16;;/h11H,2-10,12,17H2,1H3,(H,18,20);2*1H. The van der Waals surface area contributed by atoms with Crippen LogP contribution in [-0.4, -0.2) is 24.0 Å². The first-order valence-electron chi connectivity index (χ1n) is 8.07. The van der Waals surface area contributed by atoms with Gasteiger partial charge in [0.1, 0.15) is 0 Å². The molecule has 2 rings (SSSR count). The number of rotatable bonds is 7. The van der Waals surface area contributed by atoms with Crippen molar-refractivity contribution in [2.75, 3.05) is 13.1 Å². The second kappa shape index (κ2) is 11.2. The van der Waals surface area contributed by atoms with Gasteiger partial charge in [-0.1, -0.05) is 26.2 Å². The molecule has 1 aromatic rings. The van der Waals surface area contributed by atoms with Crippen LogP contribution in [0.2, 0.25) is 0 Å². The van der Waals surface area contributed by atoms with Gasteiger partial charge in [-0.05, 0) is 31.2 Å². The first-order valence-corrected chi connectivity index (χ1v) is 8.95. The molecule has 1 aliphatic carbocycles. The van der Waals surface area contributed by atoms with Crippen LogP contribution in [0.1, 0.15) is 56.2 Å². The molecular weight excluding hydrogens is 353 g/mol. The smallest absolute Gasteiger partial charge is 0.220 e. The van der Waals surface area contributed by atoms with Gasteiger partial charge < -0.3 is 11.1 Å². The monoisotopic (exact) mass is 381 g/mol. The molecule has 1 aromatic heterocycles. The second-order valence-electron chi connectivity index (χ2n) is 6.13. The van der Waals surface area contributed by atoms with Crippen molar-refractivity contribution in [3.63, 3.8) is 0 Å². The van der Waals surface area contributed by atoms with Crippen molar-refractivity contribution in [3.8, 4) is 0 Å². The zero-order chi connectivity index (χ0) is 15.1. The number of thiazole rings is 1. The SMILES string of the molecule is CCc1nc(CCNC(=O)CC2(CN)CCCCC2)cs1.Cl.Cl. The first-order chi connectivity index (χ1) is 10.2. The summed E-state index contributed by atoms with van der Waals surface area (Å²) in [5, 5.41) is 6.29. The molecule has 1 heterocycles. The molecule has 0 radical (unpaired) electrons. The van der Waals surface area contributed by atoms with E-state index in [1.54, 1.807) is 11.3 Å². The molecule has 1 saturated carbocycles. The van der Waals surface area contributed by atoms with Crippen molar-refractivity contribution in [1.82, 2.24) is 10.3 Å². The van der Waals surface area contributed by atoms with Gasteiger partial charge in [-0.2, -0.15) is 0 Å². The molecule has 134 valence electrons. The molecule has 0 spiro atoms. The van der Waals surface area contributed by atoms with Crippen molar-refractivity contribution in [2.24, 2.45) is 11.1 Å². The van der Waals surface area contributed by atoms with Gasteiger partial charge in [0, 0.05) is 24.8 Å². The van der Waals surface area contributed by atoms with Gasteiger partial charge in [0.05, 0.1) is 10.7 Å². The van der Waals surface area contributed by atoms with Gasteiger partial charge in [0.15, 0.2) is 0 Å². The molecule has 0 atom stereocenters. The van der Waals surface area contributed by atoms with E-state index in [0.717, 1.165) is 31.4 Å². The van der Waals surface area contributed by atoms with Crippen molar-refractivity contribution in [2.45, 2.75) is 58.3 Å². The normalized spacial score (nSPS) is 16.1. The summed E-state index contributed by atoms with van der Waals surface area (Å²) in [5.41, 5.74) is 7.08. The Kier molecular flexibility index (Phi) is 11.1. The van der Waals surface area contributed by atoms with Crippen LogP contribution in [-0.2, 0) is 17.6 Å². The molecule has 0 bridgehead atoms. The van der Waals surface area contributed by atoms with Crippen LogP contribution in [0.25, 0.3) is 0 Å². The maximum absolute atomic E-state index is 12.1. The van der Waals surface area contributed by atoms with E-state index in [9.17, 15) is 4.79 Å². The highest BCUT2D eigenvalue weighted by molar-refractivity contribution is 7.09. The average molecular weight is 382 g/mol. The number of carbonyl (C=O) groups is 1. The Bertz CT molecular complexity index is 462. The minimum Gasteiger partial charge on any atom is -0.356 e. The lowest BCUT2D eigenvalue weighted by Crippen LogP contribution is -2.39. The summed E-state index contributed by atoms with van der Waals surface area (Å²) in [4.78, 5) is 16.7. The topological polar surface area (TPSA) is 68.0 Å². The van der Waals surface area contributed by atoms with Crippen molar-refractivity contribution < 1.29 is 4.79 Å². The van der Waals surface area contributed by atoms with Gasteiger partial charge in [-0.3, -0.25) is 4.79 Å². The Labute approximate surface area is 155 Å². The Morgan fingerprint density at radius 1 is 1.35 bits per heavy atom. The number of hydrogen-bond acceptors (Lipinski definition) is 4. The Morgan fingerprint density at radius 2 is 2.04 bits per heavy atom. The number of carbonyl (C=O) groups excluding carboxylic acids is 1. The minimum absolute atomic E-state index is 0. The fourth-order valence-corrected chi connectivity index (χ4v) is 3.89. The van der Waals surface area contributed by atoms with Crippen molar-refractivity contribution in [1.29, 1.82) is 0 Å². The molecule has 1 aliphatic rings. The number of amides is 1. The summed E-state index contributed by atoms with van der Waals surface area (Å²) in [5.74, 6) is 0.147. The molecule has 3 N–H and O–H groups in total. The van der Waals surface area contributed by atoms with E-state index < -0.39 is 0 Å². The largest absolute Gasteiger partial charge is 0.356 e. The summed E-state index contributed by atoms with van der Waals surface area (Å²) in [7, 11) is 0. The van der Waals surface area contributed by atoms with E-state index in [0.29, 0.717) is 19.5 Å². The van der Waals surface area contributed by atoms with Gasteiger partial charge in [0.25, 0.3) is 0 Å². The first kappa shape index (κ1) is 22.6. The molecule has 1 amide bonds. The molecule has 4 nitrogen and oxygen atoms in total. The van der Waals surface area contributed by atoms with Crippen LogP contribution in [0, 0.1) is 5.41 Å². The highest BCUT2D eigenvalue weighted by Crippen LogP contribution is 2.38. The summed E-state index contributed by atoms with van der Waals surface area (Å²) >= 11 is 1.70. The number of aryl methyl sites for hydroxylation is 1. The minimum atomic E-state index is 0. The van der Waals surface area contributed by atoms with E-state index in [2.05, 4.69) is 22.6 Å². The van der Waals surface area contributed by atoms with E-state index >= 15 is 0 Å². The fourth-order valence-electron chi connectivity index (χ4n) is 3.11. The van der Waals surface area contributed by atoms with Gasteiger partial charge in [-0.15, -0.1) is 36.2 Å². The highest BCUT2D eigenvalue weighted by Gasteiger charge is 2.32. The molecule has 0 aromatic carbocycles. The highest BCUT2D eigenvalue weighted by atomic mass is 35.5. The van der Waals surface area contributed by atoms with Crippen LogP contribution < -0.4 is 11.1 Å². The summed E-state index contributed by atoms with van der Waals surface area (Å²) in [6.45, 7) is 3.42. The third kappa shape index (κ3) is 6.96. The van der Waals surface area contributed by atoms with Crippen LogP contribution >= 0.6 is 36.2 Å². The molecule has 0 saturated heterocycles. The number of aromatic nitrogens is 1. The lowest BCUT2D eigenvalue weighted by Gasteiger charge is -2.35. The summed E-state index contributed by atoms with van der Waals surface area (Å²) in [6, 6.07) is 0. The van der Waals surface area contributed by atoms with Crippen LogP contribution in [0.5, 0.6) is 0 Å². The van der Waals surface area contributed by atoms with E-state index in [1.807, 2.05) is 0 Å². The fraction of sp³-hybridized carbons (Fsp3) is 0.750. The maximum Gasteiger partial charge on any atom is 0.220 e. The molecule has 7 heteroatoms. The average Bonchev–Trinajstić information content (AvgIpc) is 2.96. The van der Waals surface area contributed by atoms with Crippen molar-refractivity contribution in [3.05, 3.63) is 16.1 Å². The molecule has 0 unspecified atom stereocenters. The van der Waals surface area contributed by atoms with Crippen LogP contribution in [0.4, 0.5) is 0 Å². The number of nitrogens with one attached hydrogen (secondary N) is 1. The second-order valence-corrected chi connectivity index (χ2v) is 7.07. The lowest BCUT2D eigenvalue weighted by atomic mass is 9.71. The number of nitrogens with zero attached hydrogens (tertiary/aromatic N) is 1. The Morgan fingerprint density at radius 3 is 2.61 bits per heavy atom.